The normalized spacial score (nSPS) is 11.1. The van der Waals surface area contributed by atoms with Crippen LogP contribution in [0.25, 0.3) is 11.1 Å². The lowest BCUT2D eigenvalue weighted by atomic mass is 10.0. The van der Waals surface area contributed by atoms with Crippen molar-refractivity contribution in [3.63, 3.8) is 0 Å². The van der Waals surface area contributed by atoms with E-state index in [0.29, 0.717) is 11.1 Å². The molecule has 0 spiro atoms. The third kappa shape index (κ3) is 6.43. The van der Waals surface area contributed by atoms with Crippen molar-refractivity contribution in [3.8, 4) is 22.6 Å². The van der Waals surface area contributed by atoms with E-state index in [9.17, 15) is 26.7 Å². The third-order valence-electron chi connectivity index (χ3n) is 4.01. The zero-order valence-electron chi connectivity index (χ0n) is 15.9. The molecule has 0 atom stereocenters. The fraction of sp³-hybridized carbons (Fsp3) is 0.136. The number of halogens is 5. The molecule has 1 amide bonds. The highest BCUT2D eigenvalue weighted by atomic mass is 19.4. The van der Waals surface area contributed by atoms with Gasteiger partial charge in [0.2, 0.25) is 0 Å². The van der Waals surface area contributed by atoms with Gasteiger partial charge in [-0.2, -0.15) is 13.2 Å². The molecule has 3 aromatic rings. The smallest absolute Gasteiger partial charge is 0.422 e. The number of ether oxygens (including phenoxy) is 2. The summed E-state index contributed by atoms with van der Waals surface area (Å²) in [6, 6.07) is 14.6. The molecule has 0 aliphatic carbocycles. The summed E-state index contributed by atoms with van der Waals surface area (Å²) in [4.78, 5) is 12.3. The first-order valence-electron chi connectivity index (χ1n) is 8.98. The number of anilines is 1. The molecule has 1 N–H and O–H groups in total. The van der Waals surface area contributed by atoms with Crippen LogP contribution in [-0.4, -0.2) is 25.3 Å². The largest absolute Gasteiger partial charge is 0.480 e. The lowest BCUT2D eigenvalue weighted by molar-refractivity contribution is -0.153. The number of carbonyl (C=O) groups excluding carboxylic acids is 1. The SMILES string of the molecule is O=C(COc1ccccc1OCC(F)(F)F)Nc1ccc(F)cc1-c1ccc(F)cc1. The summed E-state index contributed by atoms with van der Waals surface area (Å²) < 4.78 is 74.0. The van der Waals surface area contributed by atoms with Crippen LogP contribution in [0.3, 0.4) is 0 Å². The number of hydrogen-bond acceptors (Lipinski definition) is 3. The Bertz CT molecular complexity index is 1050. The summed E-state index contributed by atoms with van der Waals surface area (Å²) in [7, 11) is 0. The van der Waals surface area contributed by atoms with Gasteiger partial charge in [-0.15, -0.1) is 0 Å². The first-order chi connectivity index (χ1) is 14.7. The molecule has 162 valence electrons. The Labute approximate surface area is 174 Å². The van der Waals surface area contributed by atoms with Gasteiger partial charge in [0.25, 0.3) is 5.91 Å². The topological polar surface area (TPSA) is 47.6 Å². The molecule has 0 radical (unpaired) electrons. The van der Waals surface area contributed by atoms with Gasteiger partial charge < -0.3 is 14.8 Å². The van der Waals surface area contributed by atoms with E-state index < -0.39 is 36.9 Å². The number of rotatable bonds is 7. The van der Waals surface area contributed by atoms with Gasteiger partial charge in [-0.3, -0.25) is 4.79 Å². The molecule has 9 heteroatoms. The molecule has 0 aliphatic rings. The molecule has 0 heterocycles. The summed E-state index contributed by atoms with van der Waals surface area (Å²) in [5, 5.41) is 2.55. The molecule has 0 aromatic heterocycles. The zero-order chi connectivity index (χ0) is 22.4. The van der Waals surface area contributed by atoms with Gasteiger partial charge in [0, 0.05) is 11.3 Å². The second kappa shape index (κ2) is 9.46. The fourth-order valence-electron chi connectivity index (χ4n) is 2.67. The molecular formula is C22H16F5NO3. The summed E-state index contributed by atoms with van der Waals surface area (Å²) in [5.41, 5.74) is 1.05. The lowest BCUT2D eigenvalue weighted by Gasteiger charge is -2.15. The van der Waals surface area contributed by atoms with Crippen LogP contribution >= 0.6 is 0 Å². The van der Waals surface area contributed by atoms with Gasteiger partial charge >= 0.3 is 6.18 Å². The average molecular weight is 437 g/mol. The highest BCUT2D eigenvalue weighted by Crippen LogP contribution is 2.30. The van der Waals surface area contributed by atoms with Crippen molar-refractivity contribution in [3.05, 3.63) is 78.4 Å². The van der Waals surface area contributed by atoms with Crippen LogP contribution < -0.4 is 14.8 Å². The summed E-state index contributed by atoms with van der Waals surface area (Å²) in [6.45, 7) is -2.04. The molecule has 0 unspecified atom stereocenters. The van der Waals surface area contributed by atoms with Crippen LogP contribution in [0, 0.1) is 11.6 Å². The maximum absolute atomic E-state index is 13.7. The van der Waals surface area contributed by atoms with Gasteiger partial charge in [0.15, 0.2) is 24.7 Å². The van der Waals surface area contributed by atoms with Crippen molar-refractivity contribution in [2.45, 2.75) is 6.18 Å². The Morgan fingerprint density at radius 2 is 1.45 bits per heavy atom. The molecule has 3 rings (SSSR count). The minimum atomic E-state index is -4.52. The Hall–Kier alpha value is -3.62. The number of carbonyl (C=O) groups is 1. The monoisotopic (exact) mass is 437 g/mol. The van der Waals surface area contributed by atoms with Crippen molar-refractivity contribution >= 4 is 11.6 Å². The van der Waals surface area contributed by atoms with E-state index in [1.54, 1.807) is 0 Å². The minimum absolute atomic E-state index is 0.0419. The second-order valence-corrected chi connectivity index (χ2v) is 6.38. The molecule has 31 heavy (non-hydrogen) atoms. The van der Waals surface area contributed by atoms with Gasteiger partial charge in [-0.25, -0.2) is 8.78 Å². The Morgan fingerprint density at radius 3 is 2.10 bits per heavy atom. The fourth-order valence-corrected chi connectivity index (χ4v) is 2.67. The Balaban J connectivity index is 1.69. The number of hydrogen-bond donors (Lipinski definition) is 1. The van der Waals surface area contributed by atoms with E-state index in [2.05, 4.69) is 5.32 Å². The van der Waals surface area contributed by atoms with E-state index in [1.165, 1.54) is 60.7 Å². The van der Waals surface area contributed by atoms with Crippen LogP contribution in [-0.2, 0) is 4.79 Å². The summed E-state index contributed by atoms with van der Waals surface area (Å²) in [6.07, 6.45) is -4.52. The van der Waals surface area contributed by atoms with E-state index in [4.69, 9.17) is 9.47 Å². The van der Waals surface area contributed by atoms with Gasteiger partial charge in [0.05, 0.1) is 0 Å². The van der Waals surface area contributed by atoms with E-state index in [0.717, 1.165) is 6.07 Å². The van der Waals surface area contributed by atoms with E-state index in [-0.39, 0.29) is 17.2 Å². The van der Waals surface area contributed by atoms with Crippen molar-refractivity contribution in [1.82, 2.24) is 0 Å². The number of nitrogens with one attached hydrogen (secondary N) is 1. The molecule has 3 aromatic carbocycles. The van der Waals surface area contributed by atoms with Gasteiger partial charge in [0.1, 0.15) is 11.6 Å². The average Bonchev–Trinajstić information content (AvgIpc) is 2.72. The molecular weight excluding hydrogens is 421 g/mol. The highest BCUT2D eigenvalue weighted by molar-refractivity contribution is 5.96. The van der Waals surface area contributed by atoms with Crippen LogP contribution in [0.5, 0.6) is 11.5 Å². The lowest BCUT2D eigenvalue weighted by Crippen LogP contribution is -2.22. The predicted molar refractivity (Wildman–Crippen MR) is 104 cm³/mol. The maximum atomic E-state index is 13.7. The molecule has 0 bridgehead atoms. The van der Waals surface area contributed by atoms with Crippen molar-refractivity contribution < 1.29 is 36.2 Å². The minimum Gasteiger partial charge on any atom is -0.480 e. The Morgan fingerprint density at radius 1 is 0.839 bits per heavy atom. The molecule has 4 nitrogen and oxygen atoms in total. The van der Waals surface area contributed by atoms with Crippen molar-refractivity contribution in [2.75, 3.05) is 18.5 Å². The summed E-state index contributed by atoms with van der Waals surface area (Å²) in [5.74, 6) is -1.86. The van der Waals surface area contributed by atoms with Crippen LogP contribution in [0.2, 0.25) is 0 Å². The van der Waals surface area contributed by atoms with Crippen LogP contribution in [0.4, 0.5) is 27.6 Å². The second-order valence-electron chi connectivity index (χ2n) is 6.38. The predicted octanol–water partition coefficient (Wildman–Crippen LogP) is 5.59. The first kappa shape index (κ1) is 22.1. The standard InChI is InChI=1S/C22H16F5NO3/c23-15-7-5-14(6-8-15)17-11-16(24)9-10-18(17)28-21(29)12-30-19-3-1-2-4-20(19)31-13-22(25,26)27/h1-11H,12-13H2,(H,28,29). The van der Waals surface area contributed by atoms with Crippen LogP contribution in [0.15, 0.2) is 66.7 Å². The summed E-state index contributed by atoms with van der Waals surface area (Å²) >= 11 is 0. The van der Waals surface area contributed by atoms with E-state index in [1.807, 2.05) is 0 Å². The number of benzene rings is 3. The molecule has 0 saturated carbocycles. The molecule has 0 fully saturated rings. The quantitative estimate of drug-likeness (QED) is 0.490. The third-order valence-corrected chi connectivity index (χ3v) is 4.01. The van der Waals surface area contributed by atoms with Crippen LogP contribution in [0.1, 0.15) is 0 Å². The molecule has 0 saturated heterocycles. The zero-order valence-corrected chi connectivity index (χ0v) is 15.9. The highest BCUT2D eigenvalue weighted by Gasteiger charge is 2.29. The number of para-hydroxylation sites is 2. The van der Waals surface area contributed by atoms with Gasteiger partial charge in [-0.05, 0) is 48.0 Å². The number of alkyl halides is 3. The van der Waals surface area contributed by atoms with Crippen molar-refractivity contribution in [1.29, 1.82) is 0 Å². The molecule has 0 aliphatic heterocycles. The Kier molecular flexibility index (Phi) is 6.74. The number of amides is 1. The van der Waals surface area contributed by atoms with Gasteiger partial charge in [-0.1, -0.05) is 24.3 Å². The maximum Gasteiger partial charge on any atom is 0.422 e. The first-order valence-corrected chi connectivity index (χ1v) is 8.98. The van der Waals surface area contributed by atoms with Crippen molar-refractivity contribution in [2.24, 2.45) is 0 Å². The van der Waals surface area contributed by atoms with E-state index >= 15 is 0 Å².